The number of hydrogen-bond donors (Lipinski definition) is 1. The van der Waals surface area contributed by atoms with Crippen LogP contribution in [0.4, 0.5) is 0 Å². The molecule has 0 spiro atoms. The third-order valence-electron chi connectivity index (χ3n) is 2.00. The molecular formula is C11H12ClN3O2. The van der Waals surface area contributed by atoms with Gasteiger partial charge in [-0.15, -0.1) is 10.2 Å². The molecule has 0 aliphatic heterocycles. The summed E-state index contributed by atoms with van der Waals surface area (Å²) < 4.78 is 10.8. The van der Waals surface area contributed by atoms with Crippen LogP contribution in [0.2, 0.25) is 5.02 Å². The Morgan fingerprint density at radius 1 is 1.35 bits per heavy atom. The second-order valence-electron chi connectivity index (χ2n) is 3.37. The van der Waals surface area contributed by atoms with E-state index in [0.717, 1.165) is 0 Å². The van der Waals surface area contributed by atoms with E-state index in [1.165, 1.54) is 0 Å². The van der Waals surface area contributed by atoms with Crippen molar-refractivity contribution in [3.05, 3.63) is 41.1 Å². The summed E-state index contributed by atoms with van der Waals surface area (Å²) in [5, 5.41) is 11.3. The largest absolute Gasteiger partial charge is 0.484 e. The van der Waals surface area contributed by atoms with Crippen LogP contribution in [-0.2, 0) is 13.2 Å². The molecule has 0 unspecified atom stereocenters. The number of hydrogen-bond acceptors (Lipinski definition) is 5. The molecule has 2 aromatic rings. The lowest BCUT2D eigenvalue weighted by Gasteiger charge is -2.02. The van der Waals surface area contributed by atoms with Crippen LogP contribution in [-0.4, -0.2) is 17.2 Å². The van der Waals surface area contributed by atoms with Crippen LogP contribution in [0.3, 0.4) is 0 Å². The fourth-order valence-corrected chi connectivity index (χ4v) is 1.45. The SMILES string of the molecule is CNCc1nnc(COc2cccc(Cl)c2)o1. The number of aromatic nitrogens is 2. The molecule has 0 aliphatic carbocycles. The minimum Gasteiger partial charge on any atom is -0.484 e. The van der Waals surface area contributed by atoms with Crippen molar-refractivity contribution in [2.75, 3.05) is 7.05 Å². The third-order valence-corrected chi connectivity index (χ3v) is 2.23. The van der Waals surface area contributed by atoms with Gasteiger partial charge in [-0.25, -0.2) is 0 Å². The highest BCUT2D eigenvalue weighted by Gasteiger charge is 2.05. The van der Waals surface area contributed by atoms with Gasteiger partial charge >= 0.3 is 0 Å². The van der Waals surface area contributed by atoms with E-state index in [-0.39, 0.29) is 6.61 Å². The van der Waals surface area contributed by atoms with Crippen molar-refractivity contribution in [2.45, 2.75) is 13.2 Å². The molecule has 0 atom stereocenters. The topological polar surface area (TPSA) is 60.2 Å². The molecule has 1 aromatic carbocycles. The van der Waals surface area contributed by atoms with Gasteiger partial charge < -0.3 is 14.5 Å². The van der Waals surface area contributed by atoms with E-state index in [1.54, 1.807) is 12.1 Å². The van der Waals surface area contributed by atoms with Crippen molar-refractivity contribution in [2.24, 2.45) is 0 Å². The summed E-state index contributed by atoms with van der Waals surface area (Å²) in [4.78, 5) is 0. The highest BCUT2D eigenvalue weighted by atomic mass is 35.5. The lowest BCUT2D eigenvalue weighted by atomic mass is 10.3. The van der Waals surface area contributed by atoms with Crippen LogP contribution < -0.4 is 10.1 Å². The Hall–Kier alpha value is -1.59. The van der Waals surface area contributed by atoms with Crippen molar-refractivity contribution in [3.8, 4) is 5.75 Å². The highest BCUT2D eigenvalue weighted by Crippen LogP contribution is 2.18. The Bertz CT molecular complexity index is 487. The number of benzene rings is 1. The van der Waals surface area contributed by atoms with Gasteiger partial charge in [0.1, 0.15) is 5.75 Å². The second-order valence-corrected chi connectivity index (χ2v) is 3.80. The standard InChI is InChI=1S/C11H12ClN3O2/c1-13-6-10-14-15-11(17-10)7-16-9-4-2-3-8(12)5-9/h2-5,13H,6-7H2,1H3. The molecule has 0 amide bonds. The van der Waals surface area contributed by atoms with E-state index < -0.39 is 0 Å². The summed E-state index contributed by atoms with van der Waals surface area (Å²) in [6.07, 6.45) is 0. The number of rotatable bonds is 5. The Morgan fingerprint density at radius 2 is 2.18 bits per heavy atom. The third kappa shape index (κ3) is 3.44. The molecule has 2 rings (SSSR count). The Labute approximate surface area is 104 Å². The van der Waals surface area contributed by atoms with Gasteiger partial charge in [-0.2, -0.15) is 0 Å². The molecule has 0 saturated heterocycles. The predicted octanol–water partition coefficient (Wildman–Crippen LogP) is 2.02. The zero-order valence-corrected chi connectivity index (χ0v) is 10.1. The summed E-state index contributed by atoms with van der Waals surface area (Å²) in [5.74, 6) is 1.65. The van der Waals surface area contributed by atoms with Gasteiger partial charge in [0.15, 0.2) is 6.61 Å². The van der Waals surface area contributed by atoms with Crippen LogP contribution in [0, 0.1) is 0 Å². The van der Waals surface area contributed by atoms with E-state index in [4.69, 9.17) is 20.8 Å². The van der Waals surface area contributed by atoms with Crippen molar-refractivity contribution >= 4 is 11.6 Å². The molecule has 1 heterocycles. The van der Waals surface area contributed by atoms with Crippen LogP contribution in [0.25, 0.3) is 0 Å². The maximum absolute atomic E-state index is 5.83. The van der Waals surface area contributed by atoms with E-state index in [0.29, 0.717) is 29.1 Å². The molecule has 0 aliphatic rings. The summed E-state index contributed by atoms with van der Waals surface area (Å²) in [5.41, 5.74) is 0. The lowest BCUT2D eigenvalue weighted by Crippen LogP contribution is -2.04. The van der Waals surface area contributed by atoms with Crippen molar-refractivity contribution in [1.29, 1.82) is 0 Å². The zero-order valence-electron chi connectivity index (χ0n) is 9.31. The van der Waals surface area contributed by atoms with Crippen molar-refractivity contribution in [3.63, 3.8) is 0 Å². The minimum atomic E-state index is 0.233. The summed E-state index contributed by atoms with van der Waals surface area (Å²) in [6.45, 7) is 0.779. The molecule has 17 heavy (non-hydrogen) atoms. The van der Waals surface area contributed by atoms with E-state index in [9.17, 15) is 0 Å². The predicted molar refractivity (Wildman–Crippen MR) is 62.8 cm³/mol. The first-order valence-corrected chi connectivity index (χ1v) is 5.50. The smallest absolute Gasteiger partial charge is 0.253 e. The van der Waals surface area contributed by atoms with Crippen LogP contribution >= 0.6 is 11.6 Å². The quantitative estimate of drug-likeness (QED) is 0.883. The van der Waals surface area contributed by atoms with Crippen molar-refractivity contribution < 1.29 is 9.15 Å². The molecule has 1 N–H and O–H groups in total. The first kappa shape index (κ1) is 11.9. The molecule has 0 fully saturated rings. The normalized spacial score (nSPS) is 10.5. The minimum absolute atomic E-state index is 0.233. The number of halogens is 1. The highest BCUT2D eigenvalue weighted by molar-refractivity contribution is 6.30. The van der Waals surface area contributed by atoms with Gasteiger partial charge in [0.05, 0.1) is 6.54 Å². The molecule has 0 radical (unpaired) electrons. The number of nitrogens with zero attached hydrogens (tertiary/aromatic N) is 2. The van der Waals surface area contributed by atoms with Gasteiger partial charge in [-0.05, 0) is 25.2 Å². The fraction of sp³-hybridized carbons (Fsp3) is 0.273. The second kappa shape index (κ2) is 5.65. The molecule has 5 nitrogen and oxygen atoms in total. The van der Waals surface area contributed by atoms with Gasteiger partial charge in [0.2, 0.25) is 5.89 Å². The Balaban J connectivity index is 1.93. The molecule has 90 valence electrons. The van der Waals surface area contributed by atoms with Crippen molar-refractivity contribution in [1.82, 2.24) is 15.5 Å². The van der Waals surface area contributed by atoms with Gasteiger partial charge in [0, 0.05) is 5.02 Å². The van der Waals surface area contributed by atoms with Gasteiger partial charge in [0.25, 0.3) is 5.89 Å². The molecule has 0 saturated carbocycles. The van der Waals surface area contributed by atoms with Crippen LogP contribution in [0.1, 0.15) is 11.8 Å². The number of nitrogens with one attached hydrogen (secondary N) is 1. The summed E-state index contributed by atoms with van der Waals surface area (Å²) >= 11 is 5.83. The fourth-order valence-electron chi connectivity index (χ4n) is 1.27. The first-order valence-electron chi connectivity index (χ1n) is 5.12. The molecule has 0 bridgehead atoms. The molecule has 1 aromatic heterocycles. The van der Waals surface area contributed by atoms with Crippen LogP contribution in [0.5, 0.6) is 5.75 Å². The van der Waals surface area contributed by atoms with Gasteiger partial charge in [-0.3, -0.25) is 0 Å². The maximum Gasteiger partial charge on any atom is 0.253 e. The van der Waals surface area contributed by atoms with E-state index in [1.807, 2.05) is 19.2 Å². The van der Waals surface area contributed by atoms with E-state index in [2.05, 4.69) is 15.5 Å². The zero-order chi connectivity index (χ0) is 12.1. The first-order chi connectivity index (χ1) is 8.28. The van der Waals surface area contributed by atoms with E-state index >= 15 is 0 Å². The number of ether oxygens (including phenoxy) is 1. The van der Waals surface area contributed by atoms with Crippen LogP contribution in [0.15, 0.2) is 28.7 Å². The monoisotopic (exact) mass is 253 g/mol. The summed E-state index contributed by atoms with van der Waals surface area (Å²) in [7, 11) is 1.81. The Morgan fingerprint density at radius 3 is 2.94 bits per heavy atom. The summed E-state index contributed by atoms with van der Waals surface area (Å²) in [6, 6.07) is 7.15. The average Bonchev–Trinajstić information content (AvgIpc) is 2.75. The average molecular weight is 254 g/mol. The molecular weight excluding hydrogens is 242 g/mol. The lowest BCUT2D eigenvalue weighted by molar-refractivity contribution is 0.258. The molecule has 6 heteroatoms. The maximum atomic E-state index is 5.83. The van der Waals surface area contributed by atoms with Gasteiger partial charge in [-0.1, -0.05) is 17.7 Å². The Kier molecular flexibility index (Phi) is 3.95.